The van der Waals surface area contributed by atoms with Gasteiger partial charge in [-0.15, -0.1) is 0 Å². The summed E-state index contributed by atoms with van der Waals surface area (Å²) in [5.74, 6) is 0.598. The summed E-state index contributed by atoms with van der Waals surface area (Å²) in [5, 5.41) is 0. The molecule has 0 radical (unpaired) electrons. The Hall–Kier alpha value is -1.91. The molecule has 0 aliphatic carbocycles. The molecule has 1 saturated heterocycles. The molecule has 4 heteroatoms. The predicted octanol–water partition coefficient (Wildman–Crippen LogP) is 3.33. The fraction of sp³-hybridized carbons (Fsp3) is 0.368. The first-order valence-electron chi connectivity index (χ1n) is 8.14. The van der Waals surface area contributed by atoms with Gasteiger partial charge in [-0.2, -0.15) is 0 Å². The standard InChI is InChI=1S/C19H23FN2O/c20-18-7-3-1-6-16(18)14-23-19-8-4-2-5-15(19)13-22-11-9-17(21)10-12-22/h1-8,17H,9-14,21H2. The lowest BCUT2D eigenvalue weighted by molar-refractivity contribution is 0.201. The second-order valence-electron chi connectivity index (χ2n) is 6.10. The minimum absolute atomic E-state index is 0.227. The van der Waals surface area contributed by atoms with E-state index in [0.717, 1.165) is 43.8 Å². The van der Waals surface area contributed by atoms with Crippen molar-refractivity contribution in [3.05, 3.63) is 65.5 Å². The molecule has 1 fully saturated rings. The first kappa shape index (κ1) is 16.0. The minimum atomic E-state index is -0.227. The Morgan fingerprint density at radius 3 is 2.39 bits per heavy atom. The number of hydrogen-bond donors (Lipinski definition) is 1. The van der Waals surface area contributed by atoms with Gasteiger partial charge in [0.15, 0.2) is 0 Å². The fourth-order valence-electron chi connectivity index (χ4n) is 2.90. The topological polar surface area (TPSA) is 38.5 Å². The summed E-state index contributed by atoms with van der Waals surface area (Å²) in [7, 11) is 0. The van der Waals surface area contributed by atoms with E-state index in [1.54, 1.807) is 12.1 Å². The second kappa shape index (κ2) is 7.57. The summed E-state index contributed by atoms with van der Waals surface area (Å²) in [6.45, 7) is 3.13. The van der Waals surface area contributed by atoms with Gasteiger partial charge < -0.3 is 10.5 Å². The number of likely N-dealkylation sites (tertiary alicyclic amines) is 1. The zero-order valence-corrected chi connectivity index (χ0v) is 13.2. The van der Waals surface area contributed by atoms with Gasteiger partial charge in [-0.05, 0) is 38.1 Å². The van der Waals surface area contributed by atoms with Crippen LogP contribution in [0.15, 0.2) is 48.5 Å². The highest BCUT2D eigenvalue weighted by molar-refractivity contribution is 5.33. The number of nitrogens with zero attached hydrogens (tertiary/aromatic N) is 1. The third-order valence-corrected chi connectivity index (χ3v) is 4.34. The molecule has 3 nitrogen and oxygen atoms in total. The van der Waals surface area contributed by atoms with Crippen molar-refractivity contribution in [2.75, 3.05) is 13.1 Å². The second-order valence-corrected chi connectivity index (χ2v) is 6.10. The number of para-hydroxylation sites is 1. The van der Waals surface area contributed by atoms with Gasteiger partial charge in [0.1, 0.15) is 18.2 Å². The molecule has 2 aromatic carbocycles. The number of hydrogen-bond acceptors (Lipinski definition) is 3. The summed E-state index contributed by atoms with van der Waals surface area (Å²) < 4.78 is 19.6. The van der Waals surface area contributed by atoms with Gasteiger partial charge in [-0.3, -0.25) is 4.90 Å². The van der Waals surface area contributed by atoms with Crippen molar-refractivity contribution in [3.8, 4) is 5.75 Å². The number of ether oxygens (including phenoxy) is 1. The summed E-state index contributed by atoms with van der Waals surface area (Å²) in [6.07, 6.45) is 2.08. The van der Waals surface area contributed by atoms with Crippen molar-refractivity contribution >= 4 is 0 Å². The van der Waals surface area contributed by atoms with Crippen LogP contribution in [0.4, 0.5) is 4.39 Å². The molecule has 3 rings (SSSR count). The van der Waals surface area contributed by atoms with Crippen LogP contribution in [-0.2, 0) is 13.2 Å². The molecule has 0 saturated carbocycles. The van der Waals surface area contributed by atoms with E-state index >= 15 is 0 Å². The van der Waals surface area contributed by atoms with Gasteiger partial charge in [0, 0.05) is 23.7 Å². The van der Waals surface area contributed by atoms with E-state index in [2.05, 4.69) is 11.0 Å². The number of halogens is 1. The molecule has 0 amide bonds. The Balaban J connectivity index is 1.65. The molecule has 122 valence electrons. The van der Waals surface area contributed by atoms with Crippen LogP contribution >= 0.6 is 0 Å². The van der Waals surface area contributed by atoms with Crippen molar-refractivity contribution in [2.45, 2.75) is 32.0 Å². The molecule has 2 aromatic rings. The van der Waals surface area contributed by atoms with E-state index in [4.69, 9.17) is 10.5 Å². The largest absolute Gasteiger partial charge is 0.488 e. The maximum Gasteiger partial charge on any atom is 0.129 e. The normalized spacial score (nSPS) is 16.4. The maximum atomic E-state index is 13.7. The predicted molar refractivity (Wildman–Crippen MR) is 89.7 cm³/mol. The SMILES string of the molecule is NC1CCN(Cc2ccccc2OCc2ccccc2F)CC1. The van der Waals surface area contributed by atoms with Gasteiger partial charge in [0.25, 0.3) is 0 Å². The van der Waals surface area contributed by atoms with Gasteiger partial charge in [-0.25, -0.2) is 4.39 Å². The van der Waals surface area contributed by atoms with Crippen LogP contribution in [0.25, 0.3) is 0 Å². The summed E-state index contributed by atoms with van der Waals surface area (Å²) in [4.78, 5) is 2.40. The minimum Gasteiger partial charge on any atom is -0.488 e. The third-order valence-electron chi connectivity index (χ3n) is 4.34. The monoisotopic (exact) mass is 314 g/mol. The summed E-state index contributed by atoms with van der Waals surface area (Å²) in [6, 6.07) is 15.0. The van der Waals surface area contributed by atoms with Crippen LogP contribution in [0.5, 0.6) is 5.75 Å². The Labute approximate surface area is 136 Å². The van der Waals surface area contributed by atoms with E-state index in [0.29, 0.717) is 11.6 Å². The highest BCUT2D eigenvalue weighted by atomic mass is 19.1. The van der Waals surface area contributed by atoms with Crippen LogP contribution < -0.4 is 10.5 Å². The van der Waals surface area contributed by atoms with Crippen LogP contribution in [0.2, 0.25) is 0 Å². The van der Waals surface area contributed by atoms with Gasteiger partial charge >= 0.3 is 0 Å². The molecule has 2 N–H and O–H groups in total. The molecular formula is C19H23FN2O. The zero-order valence-electron chi connectivity index (χ0n) is 13.2. The van der Waals surface area contributed by atoms with Crippen molar-refractivity contribution in [1.82, 2.24) is 4.90 Å². The molecule has 0 bridgehead atoms. The van der Waals surface area contributed by atoms with Gasteiger partial charge in [-0.1, -0.05) is 36.4 Å². The van der Waals surface area contributed by atoms with E-state index in [1.807, 2.05) is 24.3 Å². The highest BCUT2D eigenvalue weighted by Crippen LogP contribution is 2.23. The van der Waals surface area contributed by atoms with E-state index in [-0.39, 0.29) is 12.4 Å². The number of piperidine rings is 1. The molecule has 0 aromatic heterocycles. The van der Waals surface area contributed by atoms with Gasteiger partial charge in [0.05, 0.1) is 0 Å². The van der Waals surface area contributed by atoms with Crippen molar-refractivity contribution in [3.63, 3.8) is 0 Å². The molecular weight excluding hydrogens is 291 g/mol. The smallest absolute Gasteiger partial charge is 0.129 e. The average molecular weight is 314 g/mol. The highest BCUT2D eigenvalue weighted by Gasteiger charge is 2.17. The molecule has 0 atom stereocenters. The summed E-state index contributed by atoms with van der Waals surface area (Å²) in [5.41, 5.74) is 7.67. The van der Waals surface area contributed by atoms with Crippen molar-refractivity contribution in [2.24, 2.45) is 5.73 Å². The van der Waals surface area contributed by atoms with Crippen LogP contribution in [0.3, 0.4) is 0 Å². The Bertz CT molecular complexity index is 639. The Morgan fingerprint density at radius 1 is 1.00 bits per heavy atom. The molecule has 0 spiro atoms. The number of nitrogens with two attached hydrogens (primary N) is 1. The third kappa shape index (κ3) is 4.30. The number of rotatable bonds is 5. The molecule has 1 aliphatic heterocycles. The number of benzene rings is 2. The van der Waals surface area contributed by atoms with Crippen LogP contribution in [-0.4, -0.2) is 24.0 Å². The first-order chi connectivity index (χ1) is 11.2. The van der Waals surface area contributed by atoms with Crippen molar-refractivity contribution < 1.29 is 9.13 Å². The quantitative estimate of drug-likeness (QED) is 0.920. The lowest BCUT2D eigenvalue weighted by Crippen LogP contribution is -2.39. The Kier molecular flexibility index (Phi) is 5.26. The average Bonchev–Trinajstić information content (AvgIpc) is 2.57. The molecule has 1 aliphatic rings. The van der Waals surface area contributed by atoms with Gasteiger partial charge in [0.2, 0.25) is 0 Å². The molecule has 0 unspecified atom stereocenters. The Morgan fingerprint density at radius 2 is 1.65 bits per heavy atom. The van der Waals surface area contributed by atoms with E-state index < -0.39 is 0 Å². The van der Waals surface area contributed by atoms with E-state index in [1.165, 1.54) is 6.07 Å². The molecule has 1 heterocycles. The maximum absolute atomic E-state index is 13.7. The fourth-order valence-corrected chi connectivity index (χ4v) is 2.90. The lowest BCUT2D eigenvalue weighted by Gasteiger charge is -2.30. The summed E-state index contributed by atoms with van der Waals surface area (Å²) >= 11 is 0. The zero-order chi connectivity index (χ0) is 16.1. The van der Waals surface area contributed by atoms with Crippen molar-refractivity contribution in [1.29, 1.82) is 0 Å². The molecule has 23 heavy (non-hydrogen) atoms. The first-order valence-corrected chi connectivity index (χ1v) is 8.14. The van der Waals surface area contributed by atoms with Crippen LogP contribution in [0, 0.1) is 5.82 Å². The lowest BCUT2D eigenvalue weighted by atomic mass is 10.1. The van der Waals surface area contributed by atoms with Crippen LogP contribution in [0.1, 0.15) is 24.0 Å². The van der Waals surface area contributed by atoms with E-state index in [9.17, 15) is 4.39 Å².